The summed E-state index contributed by atoms with van der Waals surface area (Å²) in [5.41, 5.74) is 1.85. The molecule has 0 fully saturated rings. The normalized spacial score (nSPS) is 16.2. The first-order valence-corrected chi connectivity index (χ1v) is 8.84. The number of nitro benzene ring substituents is 1. The summed E-state index contributed by atoms with van der Waals surface area (Å²) in [5, 5.41) is 10.6. The standard InChI is InChI=1S/C20H20N2O6/c1-13-11-15-5-3-4-6-18(15)21(13)20(24)14(2)28-19(23)12-27-17-9-7-16(8-10-17)22(25)26/h3-10,13-14H,11-12H2,1-2H3/t13-,14+/m0/s1. The number of para-hydroxylation sites is 1. The van der Waals surface area contributed by atoms with E-state index >= 15 is 0 Å². The Labute approximate surface area is 161 Å². The van der Waals surface area contributed by atoms with E-state index in [2.05, 4.69) is 0 Å². The minimum absolute atomic E-state index is 0.0117. The van der Waals surface area contributed by atoms with Crippen LogP contribution in [0, 0.1) is 10.1 Å². The van der Waals surface area contributed by atoms with E-state index in [1.54, 1.807) is 4.90 Å². The molecule has 1 aliphatic heterocycles. The second-order valence-electron chi connectivity index (χ2n) is 6.56. The number of non-ortho nitro benzene ring substituents is 1. The van der Waals surface area contributed by atoms with Crippen molar-refractivity contribution in [2.45, 2.75) is 32.4 Å². The van der Waals surface area contributed by atoms with Gasteiger partial charge in [-0.2, -0.15) is 0 Å². The van der Waals surface area contributed by atoms with Gasteiger partial charge in [-0.1, -0.05) is 18.2 Å². The highest BCUT2D eigenvalue weighted by molar-refractivity contribution is 5.99. The molecular formula is C20H20N2O6. The maximum Gasteiger partial charge on any atom is 0.344 e. The summed E-state index contributed by atoms with van der Waals surface area (Å²) in [4.78, 5) is 36.6. The second-order valence-corrected chi connectivity index (χ2v) is 6.56. The van der Waals surface area contributed by atoms with Crippen LogP contribution >= 0.6 is 0 Å². The van der Waals surface area contributed by atoms with E-state index in [4.69, 9.17) is 9.47 Å². The van der Waals surface area contributed by atoms with Crippen LogP contribution in [0.2, 0.25) is 0 Å². The van der Waals surface area contributed by atoms with Crippen LogP contribution in [-0.4, -0.2) is 35.6 Å². The Bertz CT molecular complexity index is 896. The van der Waals surface area contributed by atoms with Crippen LogP contribution in [0.5, 0.6) is 5.75 Å². The Morgan fingerprint density at radius 1 is 1.21 bits per heavy atom. The molecule has 0 aromatic heterocycles. The number of amides is 1. The van der Waals surface area contributed by atoms with Crippen LogP contribution < -0.4 is 9.64 Å². The van der Waals surface area contributed by atoms with Gasteiger partial charge < -0.3 is 14.4 Å². The lowest BCUT2D eigenvalue weighted by atomic mass is 10.1. The summed E-state index contributed by atoms with van der Waals surface area (Å²) >= 11 is 0. The minimum Gasteiger partial charge on any atom is -0.482 e. The maximum absolute atomic E-state index is 12.8. The van der Waals surface area contributed by atoms with E-state index in [1.165, 1.54) is 31.2 Å². The van der Waals surface area contributed by atoms with Crippen molar-refractivity contribution in [3.05, 3.63) is 64.2 Å². The lowest BCUT2D eigenvalue weighted by molar-refractivity contribution is -0.384. The smallest absolute Gasteiger partial charge is 0.344 e. The van der Waals surface area contributed by atoms with Crippen LogP contribution in [-0.2, 0) is 20.7 Å². The SMILES string of the molecule is C[C@@H](OC(=O)COc1ccc([N+](=O)[O-])cc1)C(=O)N1c2ccccc2C[C@@H]1C. The molecule has 8 heteroatoms. The van der Waals surface area contributed by atoms with Crippen molar-refractivity contribution in [3.63, 3.8) is 0 Å². The van der Waals surface area contributed by atoms with E-state index in [-0.39, 0.29) is 17.6 Å². The number of esters is 1. The second kappa shape index (κ2) is 8.08. The number of nitro groups is 1. The van der Waals surface area contributed by atoms with Crippen LogP contribution in [0.3, 0.4) is 0 Å². The summed E-state index contributed by atoms with van der Waals surface area (Å²) < 4.78 is 10.5. The van der Waals surface area contributed by atoms with Crippen molar-refractivity contribution in [2.24, 2.45) is 0 Å². The molecule has 28 heavy (non-hydrogen) atoms. The van der Waals surface area contributed by atoms with E-state index < -0.39 is 23.6 Å². The van der Waals surface area contributed by atoms with E-state index in [0.29, 0.717) is 5.75 Å². The first kappa shape index (κ1) is 19.3. The Balaban J connectivity index is 1.55. The van der Waals surface area contributed by atoms with Crippen molar-refractivity contribution in [2.75, 3.05) is 11.5 Å². The monoisotopic (exact) mass is 384 g/mol. The van der Waals surface area contributed by atoms with Gasteiger partial charge in [-0.3, -0.25) is 14.9 Å². The molecule has 0 saturated carbocycles. The fourth-order valence-electron chi connectivity index (χ4n) is 3.19. The molecule has 1 heterocycles. The topological polar surface area (TPSA) is 99.0 Å². The Morgan fingerprint density at radius 2 is 1.89 bits per heavy atom. The van der Waals surface area contributed by atoms with Gasteiger partial charge >= 0.3 is 5.97 Å². The van der Waals surface area contributed by atoms with Crippen LogP contribution in [0.1, 0.15) is 19.4 Å². The number of carbonyl (C=O) groups excluding carboxylic acids is 2. The molecule has 0 saturated heterocycles. The summed E-state index contributed by atoms with van der Waals surface area (Å²) in [7, 11) is 0. The Morgan fingerprint density at radius 3 is 2.57 bits per heavy atom. The Kier molecular flexibility index (Phi) is 5.58. The first-order chi connectivity index (χ1) is 13.4. The van der Waals surface area contributed by atoms with Gasteiger partial charge in [-0.15, -0.1) is 0 Å². The summed E-state index contributed by atoms with van der Waals surface area (Å²) in [5.74, 6) is -0.691. The predicted octanol–water partition coefficient (Wildman–Crippen LogP) is 2.88. The van der Waals surface area contributed by atoms with Crippen LogP contribution in [0.4, 0.5) is 11.4 Å². The molecule has 0 N–H and O–H groups in total. The third-order valence-corrected chi connectivity index (χ3v) is 4.50. The molecule has 8 nitrogen and oxygen atoms in total. The third kappa shape index (κ3) is 4.11. The van der Waals surface area contributed by atoms with Gasteiger partial charge in [-0.05, 0) is 44.0 Å². The molecule has 0 spiro atoms. The van der Waals surface area contributed by atoms with Gasteiger partial charge in [0.25, 0.3) is 11.6 Å². The van der Waals surface area contributed by atoms with Gasteiger partial charge in [-0.25, -0.2) is 4.79 Å². The summed E-state index contributed by atoms with van der Waals surface area (Å²) in [6, 6.07) is 13.0. The summed E-state index contributed by atoms with van der Waals surface area (Å²) in [6.07, 6.45) is -0.201. The highest BCUT2D eigenvalue weighted by Crippen LogP contribution is 2.32. The average molecular weight is 384 g/mol. The largest absolute Gasteiger partial charge is 0.482 e. The van der Waals surface area contributed by atoms with Gasteiger partial charge in [0.1, 0.15) is 5.75 Å². The molecule has 0 aliphatic carbocycles. The summed E-state index contributed by atoms with van der Waals surface area (Å²) in [6.45, 7) is 3.07. The highest BCUT2D eigenvalue weighted by Gasteiger charge is 2.34. The van der Waals surface area contributed by atoms with E-state index in [9.17, 15) is 19.7 Å². The van der Waals surface area contributed by atoms with Gasteiger partial charge in [0.2, 0.25) is 0 Å². The minimum atomic E-state index is -0.957. The number of fused-ring (bicyclic) bond motifs is 1. The van der Waals surface area contributed by atoms with E-state index in [1.807, 2.05) is 31.2 Å². The Hall–Kier alpha value is -3.42. The number of ether oxygens (including phenoxy) is 2. The molecule has 146 valence electrons. The fourth-order valence-corrected chi connectivity index (χ4v) is 3.19. The molecule has 1 aliphatic rings. The van der Waals surface area contributed by atoms with Gasteiger partial charge in [0.15, 0.2) is 12.7 Å². The quantitative estimate of drug-likeness (QED) is 0.431. The third-order valence-electron chi connectivity index (χ3n) is 4.50. The molecule has 0 radical (unpaired) electrons. The predicted molar refractivity (Wildman–Crippen MR) is 101 cm³/mol. The molecule has 2 aromatic rings. The van der Waals surface area contributed by atoms with Crippen LogP contribution in [0.25, 0.3) is 0 Å². The number of nitrogens with zero attached hydrogens (tertiary/aromatic N) is 2. The fraction of sp³-hybridized carbons (Fsp3) is 0.300. The number of carbonyl (C=O) groups is 2. The number of hydrogen-bond donors (Lipinski definition) is 0. The van der Waals surface area contributed by atoms with E-state index in [0.717, 1.165) is 17.7 Å². The number of rotatable bonds is 6. The zero-order valence-electron chi connectivity index (χ0n) is 15.5. The number of hydrogen-bond acceptors (Lipinski definition) is 6. The number of anilines is 1. The van der Waals surface area contributed by atoms with Crippen molar-refractivity contribution in [1.82, 2.24) is 0 Å². The molecule has 1 amide bonds. The molecule has 0 bridgehead atoms. The molecule has 0 unspecified atom stereocenters. The zero-order valence-corrected chi connectivity index (χ0v) is 15.5. The van der Waals surface area contributed by atoms with Crippen molar-refractivity contribution >= 4 is 23.3 Å². The number of benzene rings is 2. The lowest BCUT2D eigenvalue weighted by Gasteiger charge is -2.25. The molecule has 2 aromatic carbocycles. The van der Waals surface area contributed by atoms with Crippen molar-refractivity contribution < 1.29 is 24.0 Å². The average Bonchev–Trinajstić information content (AvgIpc) is 3.01. The molecular weight excluding hydrogens is 364 g/mol. The molecule has 3 rings (SSSR count). The highest BCUT2D eigenvalue weighted by atomic mass is 16.6. The molecule has 2 atom stereocenters. The maximum atomic E-state index is 12.8. The zero-order chi connectivity index (χ0) is 20.3. The van der Waals surface area contributed by atoms with Crippen molar-refractivity contribution in [1.29, 1.82) is 0 Å². The van der Waals surface area contributed by atoms with Crippen molar-refractivity contribution in [3.8, 4) is 5.75 Å². The first-order valence-electron chi connectivity index (χ1n) is 8.84. The van der Waals surface area contributed by atoms with Gasteiger partial charge in [0.05, 0.1) is 4.92 Å². The van der Waals surface area contributed by atoms with Gasteiger partial charge in [0, 0.05) is 23.9 Å². The lowest BCUT2D eigenvalue weighted by Crippen LogP contribution is -2.43. The van der Waals surface area contributed by atoms with Crippen LogP contribution in [0.15, 0.2) is 48.5 Å².